The smallest absolute Gasteiger partial charge is 0.160 e. The van der Waals surface area contributed by atoms with E-state index in [9.17, 15) is 4.39 Å². The monoisotopic (exact) mass is 397 g/mol. The highest BCUT2D eigenvalue weighted by molar-refractivity contribution is 5.42. The minimum atomic E-state index is -0.551. The average molecular weight is 398 g/mol. The number of halogens is 1. The Morgan fingerprint density at radius 3 is 2.43 bits per heavy atom. The van der Waals surface area contributed by atoms with Crippen molar-refractivity contribution in [3.8, 4) is 11.5 Å². The average Bonchev–Trinajstić information content (AvgIpc) is 3.08. The van der Waals surface area contributed by atoms with Gasteiger partial charge in [0.05, 0.1) is 26.9 Å². The van der Waals surface area contributed by atoms with Crippen LogP contribution in [0.3, 0.4) is 0 Å². The molecule has 0 amide bonds. The van der Waals surface area contributed by atoms with Crippen molar-refractivity contribution in [3.05, 3.63) is 23.8 Å². The molecule has 1 fully saturated rings. The van der Waals surface area contributed by atoms with Gasteiger partial charge in [-0.05, 0) is 50.9 Å². The SMILES string of the molecule is CCCCCCC(C)OCCc1ccc(OC)c(OC)c1.CN1CCC(F)C1. The molecule has 2 atom stereocenters. The van der Waals surface area contributed by atoms with Gasteiger partial charge in [-0.2, -0.15) is 0 Å². The van der Waals surface area contributed by atoms with Gasteiger partial charge < -0.3 is 19.1 Å². The number of rotatable bonds is 11. The molecular formula is C23H40FNO3. The molecule has 1 heterocycles. The normalized spacial score (nSPS) is 17.7. The highest BCUT2D eigenvalue weighted by atomic mass is 19.1. The number of likely N-dealkylation sites (tertiary alicyclic amines) is 1. The molecule has 0 saturated carbocycles. The Kier molecular flexibility index (Phi) is 12.9. The topological polar surface area (TPSA) is 30.9 Å². The molecule has 1 saturated heterocycles. The second kappa shape index (κ2) is 14.6. The lowest BCUT2D eigenvalue weighted by Gasteiger charge is -2.14. The van der Waals surface area contributed by atoms with Crippen molar-refractivity contribution in [3.63, 3.8) is 0 Å². The van der Waals surface area contributed by atoms with Crippen molar-refractivity contribution in [2.75, 3.05) is 41.0 Å². The van der Waals surface area contributed by atoms with Gasteiger partial charge in [0.15, 0.2) is 11.5 Å². The van der Waals surface area contributed by atoms with Gasteiger partial charge in [-0.3, -0.25) is 0 Å². The number of methoxy groups -OCH3 is 2. The minimum absolute atomic E-state index is 0.349. The summed E-state index contributed by atoms with van der Waals surface area (Å²) in [4.78, 5) is 2.00. The van der Waals surface area contributed by atoms with Crippen molar-refractivity contribution >= 4 is 0 Å². The van der Waals surface area contributed by atoms with E-state index >= 15 is 0 Å². The Hall–Kier alpha value is -1.33. The number of ether oxygens (including phenoxy) is 3. The first kappa shape index (κ1) is 24.7. The molecule has 2 unspecified atom stereocenters. The van der Waals surface area contributed by atoms with Crippen molar-refractivity contribution < 1.29 is 18.6 Å². The first-order chi connectivity index (χ1) is 13.5. The fourth-order valence-electron chi connectivity index (χ4n) is 3.24. The van der Waals surface area contributed by atoms with Gasteiger partial charge in [-0.15, -0.1) is 0 Å². The number of hydrogen-bond donors (Lipinski definition) is 0. The van der Waals surface area contributed by atoms with Gasteiger partial charge >= 0.3 is 0 Å². The molecule has 1 aromatic rings. The number of benzene rings is 1. The molecule has 2 rings (SSSR count). The van der Waals surface area contributed by atoms with Crippen LogP contribution in [0.2, 0.25) is 0 Å². The largest absolute Gasteiger partial charge is 0.493 e. The Morgan fingerprint density at radius 1 is 1.14 bits per heavy atom. The fraction of sp³-hybridized carbons (Fsp3) is 0.739. The second-order valence-electron chi connectivity index (χ2n) is 7.62. The Labute approximate surface area is 171 Å². The van der Waals surface area contributed by atoms with Crippen LogP contribution in [0.1, 0.15) is 57.9 Å². The van der Waals surface area contributed by atoms with Gasteiger partial charge in [0.1, 0.15) is 6.17 Å². The van der Waals surface area contributed by atoms with Crippen LogP contribution in [0, 0.1) is 0 Å². The lowest BCUT2D eigenvalue weighted by Crippen LogP contribution is -2.13. The van der Waals surface area contributed by atoms with E-state index in [0.717, 1.165) is 43.9 Å². The van der Waals surface area contributed by atoms with Crippen LogP contribution in [-0.4, -0.2) is 58.1 Å². The lowest BCUT2D eigenvalue weighted by atomic mass is 10.1. The van der Waals surface area contributed by atoms with Crippen molar-refractivity contribution in [1.29, 1.82) is 0 Å². The van der Waals surface area contributed by atoms with Crippen LogP contribution < -0.4 is 9.47 Å². The molecule has 0 bridgehead atoms. The summed E-state index contributed by atoms with van der Waals surface area (Å²) in [6, 6.07) is 6.03. The third-order valence-corrected chi connectivity index (χ3v) is 5.04. The summed E-state index contributed by atoms with van der Waals surface area (Å²) in [6.07, 6.45) is 7.80. The quantitative estimate of drug-likeness (QED) is 0.475. The maximum atomic E-state index is 12.1. The van der Waals surface area contributed by atoms with Crippen LogP contribution in [-0.2, 0) is 11.2 Å². The molecule has 0 aromatic heterocycles. The third kappa shape index (κ3) is 10.3. The number of nitrogens with zero attached hydrogens (tertiary/aromatic N) is 1. The fourth-order valence-corrected chi connectivity index (χ4v) is 3.24. The first-order valence-electron chi connectivity index (χ1n) is 10.6. The summed E-state index contributed by atoms with van der Waals surface area (Å²) in [5.74, 6) is 1.55. The number of alkyl halides is 1. The molecule has 5 heteroatoms. The van der Waals surface area contributed by atoms with E-state index in [0.29, 0.717) is 12.6 Å². The molecule has 1 aliphatic rings. The predicted octanol–water partition coefficient (Wildman–Crippen LogP) is 5.28. The molecule has 1 aromatic carbocycles. The summed E-state index contributed by atoms with van der Waals surface area (Å²) in [5.41, 5.74) is 1.21. The van der Waals surface area contributed by atoms with E-state index in [4.69, 9.17) is 14.2 Å². The maximum Gasteiger partial charge on any atom is 0.160 e. The summed E-state index contributed by atoms with van der Waals surface area (Å²) < 4.78 is 28.6. The van der Waals surface area contributed by atoms with Crippen LogP contribution in [0.15, 0.2) is 18.2 Å². The van der Waals surface area contributed by atoms with E-state index < -0.39 is 6.17 Å². The molecule has 0 radical (unpaired) electrons. The Balaban J connectivity index is 0.000000467. The molecule has 162 valence electrons. The summed E-state index contributed by atoms with van der Waals surface area (Å²) in [7, 11) is 5.26. The summed E-state index contributed by atoms with van der Waals surface area (Å²) in [6.45, 7) is 6.73. The molecular weight excluding hydrogens is 357 g/mol. The van der Waals surface area contributed by atoms with E-state index in [2.05, 4.69) is 19.9 Å². The standard InChI is InChI=1S/C18H30O3.C5H10FN/c1-5-6-7-8-9-15(2)21-13-12-16-10-11-17(19-3)18(14-16)20-4;1-7-3-2-5(6)4-7/h10-11,14-15H,5-9,12-13H2,1-4H3;5H,2-4H2,1H3. The molecule has 0 aliphatic carbocycles. The summed E-state index contributed by atoms with van der Waals surface area (Å²) >= 11 is 0. The third-order valence-electron chi connectivity index (χ3n) is 5.04. The van der Waals surface area contributed by atoms with Gasteiger partial charge in [-0.1, -0.05) is 38.7 Å². The van der Waals surface area contributed by atoms with E-state index in [1.54, 1.807) is 14.2 Å². The van der Waals surface area contributed by atoms with E-state index in [1.165, 1.54) is 31.2 Å². The van der Waals surface area contributed by atoms with Crippen LogP contribution in [0.4, 0.5) is 4.39 Å². The highest BCUT2D eigenvalue weighted by Crippen LogP contribution is 2.27. The van der Waals surface area contributed by atoms with E-state index in [1.807, 2.05) is 24.1 Å². The van der Waals surface area contributed by atoms with E-state index in [-0.39, 0.29) is 0 Å². The van der Waals surface area contributed by atoms with Crippen molar-refractivity contribution in [2.45, 2.75) is 71.1 Å². The van der Waals surface area contributed by atoms with Crippen LogP contribution in [0.25, 0.3) is 0 Å². The number of unbranched alkanes of at least 4 members (excludes halogenated alkanes) is 3. The molecule has 1 aliphatic heterocycles. The lowest BCUT2D eigenvalue weighted by molar-refractivity contribution is 0.0606. The zero-order chi connectivity index (χ0) is 20.8. The van der Waals surface area contributed by atoms with Gasteiger partial charge in [0.25, 0.3) is 0 Å². The van der Waals surface area contributed by atoms with Crippen LogP contribution >= 0.6 is 0 Å². The second-order valence-corrected chi connectivity index (χ2v) is 7.62. The molecule has 28 heavy (non-hydrogen) atoms. The van der Waals surface area contributed by atoms with Gasteiger partial charge in [0.2, 0.25) is 0 Å². The summed E-state index contributed by atoms with van der Waals surface area (Å²) in [5, 5.41) is 0. The minimum Gasteiger partial charge on any atom is -0.493 e. The van der Waals surface area contributed by atoms with Crippen molar-refractivity contribution in [2.24, 2.45) is 0 Å². The Morgan fingerprint density at radius 2 is 1.89 bits per heavy atom. The van der Waals surface area contributed by atoms with Gasteiger partial charge in [0, 0.05) is 13.1 Å². The molecule has 0 spiro atoms. The molecule has 0 N–H and O–H groups in total. The van der Waals surface area contributed by atoms with Gasteiger partial charge in [-0.25, -0.2) is 4.39 Å². The van der Waals surface area contributed by atoms with Crippen molar-refractivity contribution in [1.82, 2.24) is 4.90 Å². The highest BCUT2D eigenvalue weighted by Gasteiger charge is 2.17. The molecule has 4 nitrogen and oxygen atoms in total. The zero-order valence-corrected chi connectivity index (χ0v) is 18.5. The maximum absolute atomic E-state index is 12.1. The van der Waals surface area contributed by atoms with Crippen LogP contribution in [0.5, 0.6) is 11.5 Å². The predicted molar refractivity (Wildman–Crippen MR) is 114 cm³/mol. The number of hydrogen-bond acceptors (Lipinski definition) is 4. The first-order valence-corrected chi connectivity index (χ1v) is 10.6. The Bertz CT molecular complexity index is 519. The zero-order valence-electron chi connectivity index (χ0n) is 18.5.